The third-order valence-corrected chi connectivity index (χ3v) is 9.60. The zero-order valence-corrected chi connectivity index (χ0v) is 23.8. The predicted molar refractivity (Wildman–Crippen MR) is 147 cm³/mol. The van der Waals surface area contributed by atoms with Crippen LogP contribution >= 0.6 is 0 Å². The minimum absolute atomic E-state index is 0.0382. The Morgan fingerprint density at radius 3 is 2.46 bits per heavy atom. The summed E-state index contributed by atoms with van der Waals surface area (Å²) in [5.74, 6) is -3.74. The maximum atomic E-state index is 13.1. The smallest absolute Gasteiger partial charge is 0.331 e. The van der Waals surface area contributed by atoms with Crippen LogP contribution in [0.1, 0.15) is 60.8 Å². The predicted octanol–water partition coefficient (Wildman–Crippen LogP) is 4.41. The number of esters is 2. The molecular formula is C32H42O7. The standard InChI is InChI=1S/C32H42O7/c1-7-8-9-10-11-12-13-14-26(35)38-29-20(3)31(37)24-15-19(2)27(36)23(24)16-22(18-33)17-25(31)28-30(5,6)32(28,29)39-21(4)34/h9-15,17,20,23-25,28-29,33,37H,7-8,16,18H2,1-6H3. The summed E-state index contributed by atoms with van der Waals surface area (Å²) in [6.07, 6.45) is 15.6. The first-order chi connectivity index (χ1) is 18.4. The summed E-state index contributed by atoms with van der Waals surface area (Å²) < 4.78 is 12.1. The van der Waals surface area contributed by atoms with E-state index >= 15 is 0 Å². The normalized spacial score (nSPS) is 38.6. The molecule has 212 valence electrons. The van der Waals surface area contributed by atoms with Gasteiger partial charge in [-0.3, -0.25) is 9.59 Å². The van der Waals surface area contributed by atoms with Crippen LogP contribution in [-0.2, 0) is 23.9 Å². The average Bonchev–Trinajstić information content (AvgIpc) is 3.26. The fraction of sp³-hybridized carbons (Fsp3) is 0.594. The maximum absolute atomic E-state index is 13.1. The Morgan fingerprint density at radius 1 is 1.13 bits per heavy atom. The Hall–Kier alpha value is -2.77. The number of aliphatic hydroxyl groups is 2. The molecule has 0 aromatic rings. The third-order valence-electron chi connectivity index (χ3n) is 9.60. The lowest BCUT2D eigenvalue weighted by Crippen LogP contribution is -2.63. The molecule has 39 heavy (non-hydrogen) atoms. The van der Waals surface area contributed by atoms with Crippen LogP contribution in [0.2, 0.25) is 0 Å². The number of allylic oxidation sites excluding steroid dienone is 6. The molecule has 4 rings (SSSR count). The number of carbonyl (C=O) groups excluding carboxylic acids is 3. The van der Waals surface area contributed by atoms with E-state index in [-0.39, 0.29) is 18.3 Å². The van der Waals surface area contributed by atoms with Gasteiger partial charge in [-0.2, -0.15) is 0 Å². The van der Waals surface area contributed by atoms with Crippen LogP contribution < -0.4 is 0 Å². The fourth-order valence-electron chi connectivity index (χ4n) is 7.77. The van der Waals surface area contributed by atoms with E-state index < -0.39 is 58.3 Å². The first-order valence-electron chi connectivity index (χ1n) is 14.0. The van der Waals surface area contributed by atoms with Gasteiger partial charge in [-0.05, 0) is 30.9 Å². The quantitative estimate of drug-likeness (QED) is 0.204. The lowest BCUT2D eigenvalue weighted by molar-refractivity contribution is -0.217. The molecule has 8 atom stereocenters. The minimum atomic E-state index is -1.46. The largest absolute Gasteiger partial charge is 0.455 e. The number of rotatable bonds is 8. The molecule has 0 aromatic carbocycles. The Kier molecular flexibility index (Phi) is 7.99. The van der Waals surface area contributed by atoms with Crippen LogP contribution in [-0.4, -0.2) is 51.8 Å². The number of carbonyl (C=O) groups is 3. The van der Waals surface area contributed by atoms with Crippen LogP contribution in [0.3, 0.4) is 0 Å². The number of fused-ring (bicyclic) bond motifs is 5. The summed E-state index contributed by atoms with van der Waals surface area (Å²) in [7, 11) is 0. The summed E-state index contributed by atoms with van der Waals surface area (Å²) >= 11 is 0. The molecule has 0 aliphatic heterocycles. The molecule has 2 saturated carbocycles. The molecule has 4 aliphatic carbocycles. The molecule has 0 saturated heterocycles. The molecule has 0 aromatic heterocycles. The second-order valence-corrected chi connectivity index (χ2v) is 12.1. The number of Topliss-reactive ketones (excluding diaryl/α,β-unsaturated/α-hetero) is 1. The van der Waals surface area contributed by atoms with Crippen LogP contribution in [0.15, 0.2) is 59.8 Å². The van der Waals surface area contributed by atoms with E-state index in [1.165, 1.54) is 13.0 Å². The van der Waals surface area contributed by atoms with E-state index in [4.69, 9.17) is 9.47 Å². The van der Waals surface area contributed by atoms with Crippen molar-refractivity contribution in [3.8, 4) is 0 Å². The van der Waals surface area contributed by atoms with Crippen molar-refractivity contribution in [2.24, 2.45) is 35.0 Å². The number of hydrogen-bond donors (Lipinski definition) is 2. The van der Waals surface area contributed by atoms with Crippen molar-refractivity contribution in [3.63, 3.8) is 0 Å². The number of aliphatic hydroxyl groups excluding tert-OH is 1. The van der Waals surface area contributed by atoms with Gasteiger partial charge in [0.25, 0.3) is 0 Å². The first kappa shape index (κ1) is 29.2. The van der Waals surface area contributed by atoms with Crippen molar-refractivity contribution in [1.82, 2.24) is 0 Å². The summed E-state index contributed by atoms with van der Waals surface area (Å²) in [6.45, 7) is 10.7. The Balaban J connectivity index is 1.75. The van der Waals surface area contributed by atoms with Gasteiger partial charge in [-0.1, -0.05) is 76.6 Å². The minimum Gasteiger partial charge on any atom is -0.455 e. The molecule has 0 radical (unpaired) electrons. The number of hydrogen-bond acceptors (Lipinski definition) is 7. The zero-order valence-electron chi connectivity index (χ0n) is 23.8. The highest BCUT2D eigenvalue weighted by Gasteiger charge is 2.87. The molecule has 7 heteroatoms. The van der Waals surface area contributed by atoms with Crippen LogP contribution in [0, 0.1) is 35.0 Å². The summed E-state index contributed by atoms with van der Waals surface area (Å²) in [5.41, 5.74) is -1.98. The Bertz CT molecular complexity index is 1170. The molecule has 0 amide bonds. The third kappa shape index (κ3) is 4.57. The topological polar surface area (TPSA) is 110 Å². The summed E-state index contributed by atoms with van der Waals surface area (Å²) in [4.78, 5) is 38.6. The highest BCUT2D eigenvalue weighted by atomic mass is 16.6. The molecule has 0 spiro atoms. The Morgan fingerprint density at radius 2 is 1.82 bits per heavy atom. The average molecular weight is 539 g/mol. The van der Waals surface area contributed by atoms with E-state index in [2.05, 4.69) is 6.92 Å². The fourth-order valence-corrected chi connectivity index (χ4v) is 7.77. The van der Waals surface area contributed by atoms with Crippen molar-refractivity contribution in [2.75, 3.05) is 6.61 Å². The van der Waals surface area contributed by atoms with E-state index in [1.807, 2.05) is 51.2 Å². The highest BCUT2D eigenvalue weighted by Crippen LogP contribution is 2.76. The van der Waals surface area contributed by atoms with Gasteiger partial charge in [0.15, 0.2) is 11.4 Å². The van der Waals surface area contributed by atoms with E-state index in [1.54, 1.807) is 19.1 Å². The SMILES string of the molecule is CCCC=CC=CC=CC(=O)OC1C(C)C2(O)C3C=C(C)C(=O)C3CC(CO)=CC2C2C(C)(C)C12OC(C)=O. The molecule has 2 fully saturated rings. The van der Waals surface area contributed by atoms with Gasteiger partial charge >= 0.3 is 11.9 Å². The lowest BCUT2D eigenvalue weighted by atomic mass is 9.60. The Labute approximate surface area is 231 Å². The second-order valence-electron chi connectivity index (χ2n) is 12.1. The lowest BCUT2D eigenvalue weighted by Gasteiger charge is -2.52. The second kappa shape index (κ2) is 10.7. The molecule has 0 heterocycles. The van der Waals surface area contributed by atoms with Crippen molar-refractivity contribution in [2.45, 2.75) is 78.1 Å². The van der Waals surface area contributed by atoms with Gasteiger partial charge in [0.05, 0.1) is 12.2 Å². The number of ether oxygens (including phenoxy) is 2. The van der Waals surface area contributed by atoms with E-state index in [9.17, 15) is 24.6 Å². The number of ketones is 1. The summed E-state index contributed by atoms with van der Waals surface area (Å²) in [6, 6.07) is 0. The number of unbranched alkanes of at least 4 members (excludes halogenated alkanes) is 1. The van der Waals surface area contributed by atoms with E-state index in [0.29, 0.717) is 17.6 Å². The summed E-state index contributed by atoms with van der Waals surface area (Å²) in [5, 5.41) is 22.8. The molecular weight excluding hydrogens is 496 g/mol. The van der Waals surface area contributed by atoms with Crippen molar-refractivity contribution < 1.29 is 34.1 Å². The van der Waals surface area contributed by atoms with Gasteiger partial charge in [0.1, 0.15) is 6.10 Å². The van der Waals surface area contributed by atoms with Gasteiger partial charge in [0, 0.05) is 48.0 Å². The first-order valence-corrected chi connectivity index (χ1v) is 14.0. The molecule has 4 aliphatic rings. The van der Waals surface area contributed by atoms with Crippen LogP contribution in [0.5, 0.6) is 0 Å². The van der Waals surface area contributed by atoms with Gasteiger partial charge in [0.2, 0.25) is 0 Å². The monoisotopic (exact) mass is 538 g/mol. The van der Waals surface area contributed by atoms with E-state index in [0.717, 1.165) is 12.8 Å². The van der Waals surface area contributed by atoms with Crippen LogP contribution in [0.4, 0.5) is 0 Å². The maximum Gasteiger partial charge on any atom is 0.331 e. The molecule has 7 nitrogen and oxygen atoms in total. The highest BCUT2D eigenvalue weighted by molar-refractivity contribution is 6.00. The molecule has 8 unspecified atom stereocenters. The van der Waals surface area contributed by atoms with Crippen molar-refractivity contribution >= 4 is 17.7 Å². The van der Waals surface area contributed by atoms with Gasteiger partial charge in [-0.25, -0.2) is 4.79 Å². The van der Waals surface area contributed by atoms with Crippen molar-refractivity contribution in [1.29, 1.82) is 0 Å². The van der Waals surface area contributed by atoms with Crippen LogP contribution in [0.25, 0.3) is 0 Å². The molecule has 2 N–H and O–H groups in total. The van der Waals surface area contributed by atoms with Gasteiger partial charge < -0.3 is 19.7 Å². The zero-order chi connectivity index (χ0) is 28.8. The van der Waals surface area contributed by atoms with Gasteiger partial charge in [-0.15, -0.1) is 0 Å². The molecule has 0 bridgehead atoms. The van der Waals surface area contributed by atoms with Crippen molar-refractivity contribution in [3.05, 3.63) is 59.8 Å².